The quantitative estimate of drug-likeness (QED) is 0.526. The predicted molar refractivity (Wildman–Crippen MR) is 104 cm³/mol. The maximum atomic E-state index is 12.1. The zero-order valence-corrected chi connectivity index (χ0v) is 16.1. The molecule has 2 rings (SSSR count). The summed E-state index contributed by atoms with van der Waals surface area (Å²) in [5.41, 5.74) is 1.12. The van der Waals surface area contributed by atoms with Gasteiger partial charge in [-0.25, -0.2) is 4.79 Å². The van der Waals surface area contributed by atoms with Crippen LogP contribution in [0.5, 0.6) is 11.5 Å². The van der Waals surface area contributed by atoms with Crippen molar-refractivity contribution in [3.63, 3.8) is 0 Å². The molecule has 2 aromatic rings. The number of hydrogen-bond acceptors (Lipinski definition) is 6. The first-order valence-electron chi connectivity index (χ1n) is 8.83. The van der Waals surface area contributed by atoms with Gasteiger partial charge in [-0.15, -0.1) is 0 Å². The van der Waals surface area contributed by atoms with Gasteiger partial charge in [0.05, 0.1) is 7.11 Å². The van der Waals surface area contributed by atoms with Crippen LogP contribution in [0, 0.1) is 0 Å². The van der Waals surface area contributed by atoms with Gasteiger partial charge in [0.1, 0.15) is 11.5 Å². The number of ether oxygens (including phenoxy) is 3. The third kappa shape index (κ3) is 6.12. The fourth-order valence-electron chi connectivity index (χ4n) is 2.31. The Bertz CT molecular complexity index is 831. The Hall–Kier alpha value is -3.35. The molecule has 148 valence electrons. The van der Waals surface area contributed by atoms with Gasteiger partial charge in [0.25, 0.3) is 5.91 Å². The highest BCUT2D eigenvalue weighted by atomic mass is 16.6. The summed E-state index contributed by atoms with van der Waals surface area (Å²) >= 11 is 0. The maximum Gasteiger partial charge on any atom is 0.344 e. The van der Waals surface area contributed by atoms with Gasteiger partial charge in [0.2, 0.25) is 0 Å². The van der Waals surface area contributed by atoms with E-state index in [0.717, 1.165) is 0 Å². The number of rotatable bonds is 9. The van der Waals surface area contributed by atoms with Gasteiger partial charge in [0, 0.05) is 23.7 Å². The number of esters is 1. The smallest absolute Gasteiger partial charge is 0.344 e. The van der Waals surface area contributed by atoms with E-state index in [1.54, 1.807) is 55.5 Å². The highest BCUT2D eigenvalue weighted by Crippen LogP contribution is 2.17. The Kier molecular flexibility index (Phi) is 7.56. The molecular formula is C21H23NO6. The zero-order chi connectivity index (χ0) is 20.5. The minimum atomic E-state index is -0.994. The van der Waals surface area contributed by atoms with Gasteiger partial charge in [0.15, 0.2) is 18.5 Å². The van der Waals surface area contributed by atoms with Crippen molar-refractivity contribution >= 4 is 23.3 Å². The molecule has 0 aliphatic rings. The number of amides is 1. The third-order valence-corrected chi connectivity index (χ3v) is 3.87. The first-order chi connectivity index (χ1) is 13.4. The predicted octanol–water partition coefficient (Wildman–Crippen LogP) is 3.24. The molecule has 0 unspecified atom stereocenters. The molecule has 0 radical (unpaired) electrons. The molecule has 7 heteroatoms. The van der Waals surface area contributed by atoms with Gasteiger partial charge in [-0.05, 0) is 43.3 Å². The van der Waals surface area contributed by atoms with Crippen molar-refractivity contribution in [2.24, 2.45) is 0 Å². The summed E-state index contributed by atoms with van der Waals surface area (Å²) in [4.78, 5) is 35.6. The van der Waals surface area contributed by atoms with Crippen molar-refractivity contribution in [3.05, 3.63) is 54.1 Å². The summed E-state index contributed by atoms with van der Waals surface area (Å²) < 4.78 is 15.5. The number of methoxy groups -OCH3 is 1. The normalized spacial score (nSPS) is 11.2. The highest BCUT2D eigenvalue weighted by Gasteiger charge is 2.18. The van der Waals surface area contributed by atoms with Crippen molar-refractivity contribution in [2.75, 3.05) is 19.0 Å². The molecule has 28 heavy (non-hydrogen) atoms. The van der Waals surface area contributed by atoms with E-state index < -0.39 is 18.0 Å². The molecule has 0 fully saturated rings. The van der Waals surface area contributed by atoms with Gasteiger partial charge in [-0.2, -0.15) is 0 Å². The van der Waals surface area contributed by atoms with Crippen LogP contribution in [0.1, 0.15) is 30.6 Å². The first-order valence-corrected chi connectivity index (χ1v) is 8.83. The van der Waals surface area contributed by atoms with E-state index in [1.165, 1.54) is 14.0 Å². The second-order valence-corrected chi connectivity index (χ2v) is 5.94. The minimum absolute atomic E-state index is 0.0295. The van der Waals surface area contributed by atoms with Crippen LogP contribution < -0.4 is 14.8 Å². The number of ketones is 1. The molecular weight excluding hydrogens is 362 g/mol. The number of hydrogen-bond donors (Lipinski definition) is 1. The van der Waals surface area contributed by atoms with E-state index in [-0.39, 0.29) is 12.4 Å². The Morgan fingerprint density at radius 1 is 1.04 bits per heavy atom. The summed E-state index contributed by atoms with van der Waals surface area (Å²) in [5.74, 6) is -0.0894. The van der Waals surface area contributed by atoms with Crippen molar-refractivity contribution in [3.8, 4) is 11.5 Å². The van der Waals surface area contributed by atoms with Gasteiger partial charge in [-0.1, -0.05) is 13.0 Å². The Morgan fingerprint density at radius 2 is 1.75 bits per heavy atom. The van der Waals surface area contributed by atoms with Gasteiger partial charge < -0.3 is 19.5 Å². The summed E-state index contributed by atoms with van der Waals surface area (Å²) in [6.45, 7) is 2.91. The van der Waals surface area contributed by atoms with Crippen molar-refractivity contribution < 1.29 is 28.6 Å². The minimum Gasteiger partial charge on any atom is -0.497 e. The number of carbonyl (C=O) groups is 3. The van der Waals surface area contributed by atoms with Crippen LogP contribution in [0.3, 0.4) is 0 Å². The van der Waals surface area contributed by atoms with Crippen LogP contribution in [0.25, 0.3) is 0 Å². The summed E-state index contributed by atoms with van der Waals surface area (Å²) in [5, 5.41) is 2.65. The lowest BCUT2D eigenvalue weighted by Gasteiger charge is -2.14. The van der Waals surface area contributed by atoms with Crippen LogP contribution in [-0.2, 0) is 14.3 Å². The van der Waals surface area contributed by atoms with Crippen LogP contribution in [0.2, 0.25) is 0 Å². The van der Waals surface area contributed by atoms with Gasteiger partial charge >= 0.3 is 5.97 Å². The van der Waals surface area contributed by atoms with Crippen LogP contribution in [0.4, 0.5) is 5.69 Å². The van der Waals surface area contributed by atoms with Crippen LogP contribution in [0.15, 0.2) is 48.5 Å². The van der Waals surface area contributed by atoms with E-state index in [9.17, 15) is 14.4 Å². The van der Waals surface area contributed by atoms with Crippen LogP contribution >= 0.6 is 0 Å². The highest BCUT2D eigenvalue weighted by molar-refractivity contribution is 5.96. The fraction of sp³-hybridized carbons (Fsp3) is 0.286. The number of Topliss-reactive ketones (excluding diaryl/α,β-unsaturated/α-hetero) is 1. The lowest BCUT2D eigenvalue weighted by molar-refractivity contribution is -0.155. The largest absolute Gasteiger partial charge is 0.497 e. The molecule has 0 aliphatic heterocycles. The molecule has 2 aromatic carbocycles. The van der Waals surface area contributed by atoms with E-state index in [0.29, 0.717) is 29.2 Å². The molecule has 0 saturated heterocycles. The molecule has 0 heterocycles. The molecule has 0 saturated carbocycles. The average Bonchev–Trinajstić information content (AvgIpc) is 2.72. The maximum absolute atomic E-state index is 12.1. The van der Waals surface area contributed by atoms with Crippen LogP contribution in [-0.4, -0.2) is 37.5 Å². The Morgan fingerprint density at radius 3 is 2.39 bits per heavy atom. The monoisotopic (exact) mass is 385 g/mol. The van der Waals surface area contributed by atoms with E-state index in [2.05, 4.69) is 5.32 Å². The second kappa shape index (κ2) is 10.1. The summed E-state index contributed by atoms with van der Waals surface area (Å²) in [7, 11) is 1.53. The SMILES string of the molecule is CCC(=O)c1ccc(OCC(=O)O[C@H](C)C(=O)Nc2cccc(OC)c2)cc1. The molecule has 0 aliphatic carbocycles. The zero-order valence-electron chi connectivity index (χ0n) is 16.1. The lowest BCUT2D eigenvalue weighted by atomic mass is 10.1. The summed E-state index contributed by atoms with van der Waals surface area (Å²) in [6.07, 6.45) is -0.575. The number of carbonyl (C=O) groups excluding carboxylic acids is 3. The van der Waals surface area contributed by atoms with Gasteiger partial charge in [-0.3, -0.25) is 9.59 Å². The molecule has 7 nitrogen and oxygen atoms in total. The molecule has 1 atom stereocenters. The average molecular weight is 385 g/mol. The molecule has 0 bridgehead atoms. The number of anilines is 1. The van der Waals surface area contributed by atoms with E-state index >= 15 is 0 Å². The Labute approximate surface area is 163 Å². The first kappa shape index (κ1) is 21.0. The Balaban J connectivity index is 1.81. The molecule has 0 aromatic heterocycles. The summed E-state index contributed by atoms with van der Waals surface area (Å²) in [6, 6.07) is 13.3. The van der Waals surface area contributed by atoms with Crippen molar-refractivity contribution in [1.82, 2.24) is 0 Å². The number of benzene rings is 2. The fourth-order valence-corrected chi connectivity index (χ4v) is 2.31. The third-order valence-electron chi connectivity index (χ3n) is 3.87. The van der Waals surface area contributed by atoms with Crippen molar-refractivity contribution in [1.29, 1.82) is 0 Å². The standard InChI is InChI=1S/C21H23NO6/c1-4-19(23)15-8-10-17(11-9-15)27-13-20(24)28-14(2)21(25)22-16-6-5-7-18(12-16)26-3/h5-12,14H,4,13H2,1-3H3,(H,22,25)/t14-/m1/s1. The van der Waals surface area contributed by atoms with E-state index in [1.807, 2.05) is 0 Å². The molecule has 0 spiro atoms. The number of nitrogens with one attached hydrogen (secondary N) is 1. The molecule has 1 N–H and O–H groups in total. The second-order valence-electron chi connectivity index (χ2n) is 5.94. The molecule has 1 amide bonds. The topological polar surface area (TPSA) is 90.9 Å². The van der Waals surface area contributed by atoms with E-state index in [4.69, 9.17) is 14.2 Å². The lowest BCUT2D eigenvalue weighted by Crippen LogP contribution is -2.31. The van der Waals surface area contributed by atoms with Crippen molar-refractivity contribution in [2.45, 2.75) is 26.4 Å².